The lowest BCUT2D eigenvalue weighted by molar-refractivity contribution is 0.211. The van der Waals surface area contributed by atoms with Gasteiger partial charge >= 0.3 is 7.15 Å². The molecule has 2 nitrogen and oxygen atoms in total. The minimum absolute atomic E-state index is 0.579. The Balaban J connectivity index is 3.46. The van der Waals surface area contributed by atoms with E-state index in [-0.39, 0.29) is 0 Å². The zero-order chi connectivity index (χ0) is 11.0. The summed E-state index contributed by atoms with van der Waals surface area (Å²) in [7, 11) is -1.07. The first-order chi connectivity index (χ1) is 6.60. The summed E-state index contributed by atoms with van der Waals surface area (Å²) < 4.78 is 10.9. The third kappa shape index (κ3) is 7.81. The largest absolute Gasteiger partial charge is 0.521 e. The van der Waals surface area contributed by atoms with Crippen LogP contribution in [0, 0.1) is 11.8 Å². The summed E-state index contributed by atoms with van der Waals surface area (Å²) in [5.74, 6) is 1.16. The Kier molecular flexibility index (Phi) is 9.00. The fraction of sp³-hybridized carbons (Fsp3) is 1.00. The minimum Gasteiger partial charge on any atom is -0.142 e. The Morgan fingerprint density at radius 1 is 1.00 bits per heavy atom. The molecule has 14 heavy (non-hydrogen) atoms. The SMILES string of the molecule is CCC(C)CO[P+](=S)OCC(C)CC. The highest BCUT2D eigenvalue weighted by atomic mass is 32.4. The molecule has 0 saturated carbocycles. The summed E-state index contributed by atoms with van der Waals surface area (Å²) >= 11 is 5.09. The molecule has 0 spiro atoms. The molecule has 2 atom stereocenters. The van der Waals surface area contributed by atoms with Crippen LogP contribution in [0.25, 0.3) is 0 Å². The molecule has 84 valence electrons. The van der Waals surface area contributed by atoms with E-state index in [4.69, 9.17) is 20.9 Å². The summed E-state index contributed by atoms with van der Waals surface area (Å²) in [6.45, 7) is 10.1. The van der Waals surface area contributed by atoms with Gasteiger partial charge in [0.15, 0.2) is 0 Å². The van der Waals surface area contributed by atoms with Crippen LogP contribution < -0.4 is 0 Å². The van der Waals surface area contributed by atoms with Gasteiger partial charge in [-0.05, 0) is 11.8 Å². The quantitative estimate of drug-likeness (QED) is 0.597. The van der Waals surface area contributed by atoms with E-state index < -0.39 is 7.15 Å². The topological polar surface area (TPSA) is 18.5 Å². The Morgan fingerprint density at radius 3 is 1.64 bits per heavy atom. The molecule has 0 rings (SSSR count). The molecule has 0 aromatic heterocycles. The first kappa shape index (κ1) is 14.4. The van der Waals surface area contributed by atoms with E-state index in [9.17, 15) is 0 Å². The summed E-state index contributed by atoms with van der Waals surface area (Å²) in [5, 5.41) is 0. The van der Waals surface area contributed by atoms with Crippen LogP contribution in [0.5, 0.6) is 0 Å². The molecule has 4 heteroatoms. The van der Waals surface area contributed by atoms with Gasteiger partial charge in [-0.25, -0.2) is 0 Å². The van der Waals surface area contributed by atoms with Gasteiger partial charge < -0.3 is 0 Å². The summed E-state index contributed by atoms with van der Waals surface area (Å²) in [4.78, 5) is 0. The molecule has 0 heterocycles. The smallest absolute Gasteiger partial charge is 0.142 e. The summed E-state index contributed by atoms with van der Waals surface area (Å²) in [6, 6.07) is 0. The molecule has 0 radical (unpaired) electrons. The summed E-state index contributed by atoms with van der Waals surface area (Å²) in [6.07, 6.45) is 2.26. The first-order valence-electron chi connectivity index (χ1n) is 5.33. The van der Waals surface area contributed by atoms with Crippen LogP contribution in [0.15, 0.2) is 0 Å². The van der Waals surface area contributed by atoms with Gasteiger partial charge in [0.25, 0.3) is 0 Å². The van der Waals surface area contributed by atoms with Crippen molar-refractivity contribution in [1.82, 2.24) is 0 Å². The van der Waals surface area contributed by atoms with Crippen LogP contribution in [-0.2, 0) is 20.9 Å². The number of rotatable bonds is 8. The molecule has 2 unspecified atom stereocenters. The van der Waals surface area contributed by atoms with E-state index in [1.165, 1.54) is 0 Å². The van der Waals surface area contributed by atoms with Crippen molar-refractivity contribution < 1.29 is 9.05 Å². The molecule has 0 aliphatic rings. The van der Waals surface area contributed by atoms with Gasteiger partial charge in [0, 0.05) is 0 Å². The maximum atomic E-state index is 5.45. The van der Waals surface area contributed by atoms with Crippen LogP contribution in [0.1, 0.15) is 40.5 Å². The van der Waals surface area contributed by atoms with E-state index >= 15 is 0 Å². The average molecular weight is 237 g/mol. The van der Waals surface area contributed by atoms with Gasteiger partial charge in [0.2, 0.25) is 11.8 Å². The van der Waals surface area contributed by atoms with E-state index in [1.807, 2.05) is 0 Å². The van der Waals surface area contributed by atoms with Crippen molar-refractivity contribution >= 4 is 19.0 Å². The van der Waals surface area contributed by atoms with Gasteiger partial charge in [0.1, 0.15) is 13.2 Å². The Bertz CT molecular complexity index is 148. The van der Waals surface area contributed by atoms with E-state index in [1.54, 1.807) is 0 Å². The second-order valence-corrected chi connectivity index (χ2v) is 5.70. The third-order valence-electron chi connectivity index (χ3n) is 2.32. The summed E-state index contributed by atoms with van der Waals surface area (Å²) in [5.41, 5.74) is 0. The maximum Gasteiger partial charge on any atom is 0.521 e. The minimum atomic E-state index is -1.07. The average Bonchev–Trinajstić information content (AvgIpc) is 2.22. The highest BCUT2D eigenvalue weighted by molar-refractivity contribution is 8.00. The van der Waals surface area contributed by atoms with Crippen molar-refractivity contribution in [1.29, 1.82) is 0 Å². The molecule has 0 bridgehead atoms. The molecular formula is C10H22O2PS+. The lowest BCUT2D eigenvalue weighted by Crippen LogP contribution is -2.03. The molecule has 0 N–H and O–H groups in total. The van der Waals surface area contributed by atoms with Gasteiger partial charge in [-0.15, -0.1) is 9.05 Å². The fourth-order valence-corrected chi connectivity index (χ4v) is 1.84. The molecule has 0 aliphatic carbocycles. The van der Waals surface area contributed by atoms with Gasteiger partial charge in [0.05, 0.1) is 0 Å². The fourth-order valence-electron chi connectivity index (χ4n) is 0.649. The molecular weight excluding hydrogens is 215 g/mol. The van der Waals surface area contributed by atoms with Crippen LogP contribution in [0.3, 0.4) is 0 Å². The predicted molar refractivity (Wildman–Crippen MR) is 65.1 cm³/mol. The lowest BCUT2D eigenvalue weighted by atomic mass is 10.1. The van der Waals surface area contributed by atoms with Crippen LogP contribution in [0.4, 0.5) is 0 Å². The Hall–Kier alpha value is 0.440. The van der Waals surface area contributed by atoms with Crippen molar-refractivity contribution in [2.75, 3.05) is 13.2 Å². The molecule has 0 aliphatic heterocycles. The van der Waals surface area contributed by atoms with Crippen LogP contribution in [-0.4, -0.2) is 13.2 Å². The monoisotopic (exact) mass is 237 g/mol. The standard InChI is InChI=1S/C10H22O2PS/c1-5-9(3)7-11-13(14)12-8-10(4)6-2/h9-10H,5-8H2,1-4H3/q+1. The Labute approximate surface area is 94.0 Å². The first-order valence-corrected chi connectivity index (χ1v) is 7.52. The normalized spacial score (nSPS) is 16.4. The van der Waals surface area contributed by atoms with Gasteiger partial charge in [-0.2, -0.15) is 0 Å². The van der Waals surface area contributed by atoms with Crippen molar-refractivity contribution in [3.8, 4) is 0 Å². The van der Waals surface area contributed by atoms with Gasteiger partial charge in [-0.1, -0.05) is 40.5 Å². The maximum absolute atomic E-state index is 5.45. The van der Waals surface area contributed by atoms with Crippen molar-refractivity contribution in [3.63, 3.8) is 0 Å². The molecule has 0 saturated heterocycles. The third-order valence-corrected chi connectivity index (χ3v) is 3.68. The second kappa shape index (κ2) is 8.72. The number of hydrogen-bond acceptors (Lipinski definition) is 3. The van der Waals surface area contributed by atoms with Crippen molar-refractivity contribution in [3.05, 3.63) is 0 Å². The Morgan fingerprint density at radius 2 is 1.36 bits per heavy atom. The van der Waals surface area contributed by atoms with E-state index in [0.29, 0.717) is 11.8 Å². The number of hydrogen-bond donors (Lipinski definition) is 0. The van der Waals surface area contributed by atoms with Crippen molar-refractivity contribution in [2.24, 2.45) is 11.8 Å². The molecule has 0 amide bonds. The lowest BCUT2D eigenvalue weighted by Gasteiger charge is -2.04. The van der Waals surface area contributed by atoms with Gasteiger partial charge in [-0.3, -0.25) is 0 Å². The molecule has 0 fully saturated rings. The zero-order valence-corrected chi connectivity index (χ0v) is 11.4. The second-order valence-electron chi connectivity index (χ2n) is 3.84. The molecule has 0 aromatic rings. The van der Waals surface area contributed by atoms with E-state index in [0.717, 1.165) is 26.1 Å². The van der Waals surface area contributed by atoms with Crippen LogP contribution in [0.2, 0.25) is 0 Å². The highest BCUT2D eigenvalue weighted by Crippen LogP contribution is 2.26. The highest BCUT2D eigenvalue weighted by Gasteiger charge is 2.16. The zero-order valence-electron chi connectivity index (χ0n) is 9.66. The molecule has 0 aromatic carbocycles. The van der Waals surface area contributed by atoms with Crippen molar-refractivity contribution in [2.45, 2.75) is 40.5 Å². The van der Waals surface area contributed by atoms with E-state index in [2.05, 4.69) is 27.7 Å². The van der Waals surface area contributed by atoms with Crippen LogP contribution >= 0.6 is 7.15 Å². The predicted octanol–water partition coefficient (Wildman–Crippen LogP) is 3.89.